The number of amides is 1. The highest BCUT2D eigenvalue weighted by molar-refractivity contribution is 5.99. The van der Waals surface area contributed by atoms with Crippen molar-refractivity contribution in [1.82, 2.24) is 4.90 Å². The third kappa shape index (κ3) is 6.18. The second kappa shape index (κ2) is 11.0. The van der Waals surface area contributed by atoms with E-state index in [-0.39, 0.29) is 35.5 Å². The molecule has 5 heteroatoms. The summed E-state index contributed by atoms with van der Waals surface area (Å²) < 4.78 is 41.8. The van der Waals surface area contributed by atoms with Crippen LogP contribution in [0.2, 0.25) is 0 Å². The van der Waals surface area contributed by atoms with Crippen LogP contribution in [0.25, 0.3) is 0 Å². The molecule has 1 amide bonds. The second-order valence-corrected chi connectivity index (χ2v) is 11.7. The lowest BCUT2D eigenvalue weighted by Crippen LogP contribution is -2.30. The van der Waals surface area contributed by atoms with Gasteiger partial charge in [0, 0.05) is 18.2 Å². The molecule has 0 aromatic heterocycles. The van der Waals surface area contributed by atoms with Crippen LogP contribution in [0.1, 0.15) is 126 Å². The third-order valence-corrected chi connectivity index (χ3v) is 8.69. The number of nitrogens with zero attached hydrogens (tertiary/aromatic N) is 1. The smallest absolute Gasteiger partial charge is 0.332 e. The van der Waals surface area contributed by atoms with E-state index < -0.39 is 11.7 Å². The van der Waals surface area contributed by atoms with Gasteiger partial charge in [0.1, 0.15) is 0 Å². The molecule has 34 heavy (non-hydrogen) atoms. The first kappa shape index (κ1) is 27.1. The van der Waals surface area contributed by atoms with Gasteiger partial charge >= 0.3 is 6.18 Å². The lowest BCUT2D eigenvalue weighted by Gasteiger charge is -2.30. The van der Waals surface area contributed by atoms with E-state index in [0.29, 0.717) is 17.4 Å². The van der Waals surface area contributed by atoms with E-state index in [0.717, 1.165) is 24.7 Å². The van der Waals surface area contributed by atoms with Crippen LogP contribution in [-0.2, 0) is 12.7 Å². The molecule has 0 bridgehead atoms. The molecule has 0 N–H and O–H groups in total. The summed E-state index contributed by atoms with van der Waals surface area (Å²) >= 11 is 0. The Hall–Kier alpha value is -1.52. The number of benzene rings is 1. The van der Waals surface area contributed by atoms with E-state index in [9.17, 15) is 18.0 Å². The van der Waals surface area contributed by atoms with E-state index >= 15 is 0 Å². The zero-order chi connectivity index (χ0) is 25.2. The number of halogens is 3. The molecule has 1 aliphatic heterocycles. The lowest BCUT2D eigenvalue weighted by atomic mass is 9.75. The molecule has 1 fully saturated rings. The molecule has 3 rings (SSSR count). The average Bonchev–Trinajstić information content (AvgIpc) is 3.06. The van der Waals surface area contributed by atoms with Gasteiger partial charge in [0.15, 0.2) is 0 Å². The van der Waals surface area contributed by atoms with Crippen molar-refractivity contribution >= 4 is 5.91 Å². The summed E-state index contributed by atoms with van der Waals surface area (Å²) in [5, 5.41) is 0. The normalized spacial score (nSPS) is 23.7. The van der Waals surface area contributed by atoms with Gasteiger partial charge in [0.25, 0.3) is 5.91 Å². The molecule has 1 saturated carbocycles. The van der Waals surface area contributed by atoms with Gasteiger partial charge in [-0.25, -0.2) is 0 Å². The largest absolute Gasteiger partial charge is 0.416 e. The summed E-state index contributed by atoms with van der Waals surface area (Å²) in [4.78, 5) is 14.4. The highest BCUT2D eigenvalue weighted by Gasteiger charge is 2.41. The summed E-state index contributed by atoms with van der Waals surface area (Å²) in [7, 11) is 0. The first-order valence-electron chi connectivity index (χ1n) is 13.4. The Morgan fingerprint density at radius 1 is 0.912 bits per heavy atom. The molecule has 1 aromatic rings. The number of fused-ring (bicyclic) bond motifs is 1. The average molecular weight is 480 g/mol. The quantitative estimate of drug-likeness (QED) is 0.382. The molecule has 1 aliphatic carbocycles. The molecule has 2 atom stereocenters. The molecule has 2 unspecified atom stereocenters. The van der Waals surface area contributed by atoms with E-state index in [1.54, 1.807) is 6.07 Å². The maximum atomic E-state index is 13.9. The predicted octanol–water partition coefficient (Wildman–Crippen LogP) is 8.83. The maximum absolute atomic E-state index is 13.9. The van der Waals surface area contributed by atoms with Crippen molar-refractivity contribution in [2.24, 2.45) is 23.7 Å². The van der Waals surface area contributed by atoms with Gasteiger partial charge in [0.05, 0.1) is 5.56 Å². The topological polar surface area (TPSA) is 20.3 Å². The van der Waals surface area contributed by atoms with Crippen molar-refractivity contribution in [1.29, 1.82) is 0 Å². The van der Waals surface area contributed by atoms with E-state index in [1.807, 2.05) is 20.8 Å². The van der Waals surface area contributed by atoms with Gasteiger partial charge in [0.2, 0.25) is 0 Å². The van der Waals surface area contributed by atoms with Crippen LogP contribution in [0.5, 0.6) is 0 Å². The molecular weight excluding hydrogens is 435 g/mol. The Morgan fingerprint density at radius 2 is 1.50 bits per heavy atom. The second-order valence-electron chi connectivity index (χ2n) is 11.7. The fourth-order valence-corrected chi connectivity index (χ4v) is 6.13. The zero-order valence-electron chi connectivity index (χ0n) is 22.0. The van der Waals surface area contributed by atoms with Crippen molar-refractivity contribution in [3.63, 3.8) is 0 Å². The fraction of sp³-hybridized carbons (Fsp3) is 0.759. The van der Waals surface area contributed by atoms with E-state index in [1.165, 1.54) is 49.5 Å². The molecule has 2 aliphatic rings. The standard InChI is InChI=1S/C29H44F3NO/c1-18(2)22-9-7-11-23(12-8-10-22)20(5)13-14-21(6)24-15-25-26(27(16-24)29(30,31)32)17-33(19(3)4)28(25)34/h15-16,18-23H,7-14,17H2,1-6H3. The minimum atomic E-state index is -4.45. The Balaban J connectivity index is 1.68. The van der Waals surface area contributed by atoms with Gasteiger partial charge in [-0.05, 0) is 79.5 Å². The van der Waals surface area contributed by atoms with Crippen molar-refractivity contribution in [2.75, 3.05) is 0 Å². The summed E-state index contributed by atoms with van der Waals surface area (Å²) in [6.45, 7) is 12.8. The van der Waals surface area contributed by atoms with Crippen LogP contribution in [0.4, 0.5) is 13.2 Å². The molecule has 1 aromatic carbocycles. The van der Waals surface area contributed by atoms with Crippen LogP contribution in [0.15, 0.2) is 12.1 Å². The van der Waals surface area contributed by atoms with Crippen LogP contribution in [0, 0.1) is 23.7 Å². The maximum Gasteiger partial charge on any atom is 0.416 e. The van der Waals surface area contributed by atoms with Gasteiger partial charge in [-0.15, -0.1) is 0 Å². The van der Waals surface area contributed by atoms with Gasteiger partial charge < -0.3 is 4.90 Å². The Morgan fingerprint density at radius 3 is 2.03 bits per heavy atom. The monoisotopic (exact) mass is 479 g/mol. The zero-order valence-corrected chi connectivity index (χ0v) is 22.0. The van der Waals surface area contributed by atoms with Crippen LogP contribution in [0.3, 0.4) is 0 Å². The van der Waals surface area contributed by atoms with Crippen molar-refractivity contribution in [2.45, 2.75) is 118 Å². The lowest BCUT2D eigenvalue weighted by molar-refractivity contribution is -0.138. The Bertz CT molecular complexity index is 835. The number of carbonyl (C=O) groups is 1. The van der Waals surface area contributed by atoms with Gasteiger partial charge in [-0.2, -0.15) is 13.2 Å². The minimum Gasteiger partial charge on any atom is -0.332 e. The van der Waals surface area contributed by atoms with Gasteiger partial charge in [-0.3, -0.25) is 4.79 Å². The number of alkyl halides is 3. The summed E-state index contributed by atoms with van der Waals surface area (Å²) in [5.74, 6) is 2.64. The van der Waals surface area contributed by atoms with E-state index in [2.05, 4.69) is 20.8 Å². The Kier molecular flexibility index (Phi) is 8.79. The van der Waals surface area contributed by atoms with Crippen LogP contribution >= 0.6 is 0 Å². The first-order chi connectivity index (χ1) is 15.9. The molecule has 2 nitrogen and oxygen atoms in total. The molecule has 192 valence electrons. The van der Waals surface area contributed by atoms with Crippen molar-refractivity contribution in [3.8, 4) is 0 Å². The summed E-state index contributed by atoms with van der Waals surface area (Å²) in [5.41, 5.74) is 0.411. The number of carbonyl (C=O) groups excluding carboxylic acids is 1. The SMILES string of the molecule is CC(CCC(C)C1CCCC(C(C)C)CCC1)c1cc2c(c(C(F)(F)F)c1)CN(C(C)C)C2=O. The van der Waals surface area contributed by atoms with Crippen LogP contribution < -0.4 is 0 Å². The van der Waals surface area contributed by atoms with Crippen molar-refractivity contribution in [3.05, 3.63) is 34.4 Å². The number of hydrogen-bond acceptors (Lipinski definition) is 1. The fourth-order valence-electron chi connectivity index (χ4n) is 6.13. The van der Waals surface area contributed by atoms with Crippen LogP contribution in [-0.4, -0.2) is 16.8 Å². The molecule has 0 radical (unpaired) electrons. The third-order valence-electron chi connectivity index (χ3n) is 8.69. The first-order valence-corrected chi connectivity index (χ1v) is 13.4. The Labute approximate surface area is 204 Å². The van der Waals surface area contributed by atoms with Crippen molar-refractivity contribution < 1.29 is 18.0 Å². The highest BCUT2D eigenvalue weighted by atomic mass is 19.4. The summed E-state index contributed by atoms with van der Waals surface area (Å²) in [6, 6.07) is 2.93. The highest BCUT2D eigenvalue weighted by Crippen LogP contribution is 2.41. The number of hydrogen-bond donors (Lipinski definition) is 0. The molecule has 0 spiro atoms. The summed E-state index contributed by atoms with van der Waals surface area (Å²) in [6.07, 6.45) is 5.21. The van der Waals surface area contributed by atoms with E-state index in [4.69, 9.17) is 0 Å². The molecule has 1 heterocycles. The minimum absolute atomic E-state index is 0.00590. The van der Waals surface area contributed by atoms with Gasteiger partial charge in [-0.1, -0.05) is 66.2 Å². The predicted molar refractivity (Wildman–Crippen MR) is 133 cm³/mol. The number of rotatable bonds is 7. The molecular formula is C29H44F3NO. The molecule has 0 saturated heterocycles.